The Morgan fingerprint density at radius 2 is 2.09 bits per heavy atom. The summed E-state index contributed by atoms with van der Waals surface area (Å²) in [6, 6.07) is 3.24. The Bertz CT molecular complexity index is 271. The molecule has 0 atom stereocenters. The highest BCUT2D eigenvalue weighted by Crippen LogP contribution is 2.25. The first kappa shape index (κ1) is 9.20. The van der Waals surface area contributed by atoms with Gasteiger partial charge >= 0.3 is 0 Å². The first-order valence-electron chi connectivity index (χ1n) is 3.16. The largest absolute Gasteiger partial charge is 0.207 e. The molecular formula is C8H7Br2F. The smallest absolute Gasteiger partial charge is 0.128 e. The number of aryl methyl sites for hydroxylation is 1. The van der Waals surface area contributed by atoms with Crippen LogP contribution in [-0.4, -0.2) is 0 Å². The lowest BCUT2D eigenvalue weighted by molar-refractivity contribution is 0.616. The number of hydrogen-bond donors (Lipinski definition) is 0. The zero-order valence-corrected chi connectivity index (χ0v) is 9.17. The summed E-state index contributed by atoms with van der Waals surface area (Å²) in [5.41, 5.74) is 1.74. The Morgan fingerprint density at radius 3 is 2.55 bits per heavy atom. The number of alkyl halides is 1. The van der Waals surface area contributed by atoms with Gasteiger partial charge in [-0.15, -0.1) is 0 Å². The molecule has 1 aromatic carbocycles. The van der Waals surface area contributed by atoms with Crippen molar-refractivity contribution >= 4 is 31.9 Å². The van der Waals surface area contributed by atoms with E-state index in [0.29, 0.717) is 10.9 Å². The van der Waals surface area contributed by atoms with E-state index in [1.165, 1.54) is 6.07 Å². The summed E-state index contributed by atoms with van der Waals surface area (Å²) >= 11 is 6.54. The number of hydrogen-bond acceptors (Lipinski definition) is 0. The molecule has 1 aromatic rings. The molecule has 3 heteroatoms. The monoisotopic (exact) mass is 280 g/mol. The van der Waals surface area contributed by atoms with Crippen molar-refractivity contribution < 1.29 is 4.39 Å². The molecule has 0 aliphatic heterocycles. The zero-order chi connectivity index (χ0) is 8.43. The molecule has 0 aromatic heterocycles. The maximum Gasteiger partial charge on any atom is 0.128 e. The van der Waals surface area contributed by atoms with Crippen molar-refractivity contribution in [2.45, 2.75) is 12.3 Å². The van der Waals surface area contributed by atoms with Gasteiger partial charge in [0, 0.05) is 15.4 Å². The van der Waals surface area contributed by atoms with Crippen molar-refractivity contribution in [1.82, 2.24) is 0 Å². The third kappa shape index (κ3) is 1.82. The summed E-state index contributed by atoms with van der Waals surface area (Å²) in [6.45, 7) is 1.94. The molecule has 0 spiro atoms. The van der Waals surface area contributed by atoms with Gasteiger partial charge in [0.1, 0.15) is 5.82 Å². The van der Waals surface area contributed by atoms with E-state index in [1.807, 2.05) is 6.92 Å². The van der Waals surface area contributed by atoms with Gasteiger partial charge in [-0.1, -0.05) is 37.9 Å². The molecule has 0 bridgehead atoms. The van der Waals surface area contributed by atoms with Crippen LogP contribution in [0.5, 0.6) is 0 Å². The molecule has 0 N–H and O–H groups in total. The molecule has 0 saturated heterocycles. The van der Waals surface area contributed by atoms with Crippen LogP contribution in [0.4, 0.5) is 4.39 Å². The van der Waals surface area contributed by atoms with E-state index < -0.39 is 0 Å². The maximum atomic E-state index is 13.0. The van der Waals surface area contributed by atoms with Crippen LogP contribution >= 0.6 is 31.9 Å². The van der Waals surface area contributed by atoms with Crippen LogP contribution in [0.1, 0.15) is 11.1 Å². The maximum absolute atomic E-state index is 13.0. The summed E-state index contributed by atoms with van der Waals surface area (Å²) < 4.78 is 13.8. The highest BCUT2D eigenvalue weighted by molar-refractivity contribution is 9.10. The molecular weight excluding hydrogens is 275 g/mol. The van der Waals surface area contributed by atoms with Gasteiger partial charge < -0.3 is 0 Å². The van der Waals surface area contributed by atoms with Crippen LogP contribution in [0, 0.1) is 12.7 Å². The van der Waals surface area contributed by atoms with Crippen LogP contribution in [0.15, 0.2) is 16.6 Å². The predicted molar refractivity (Wildman–Crippen MR) is 51.5 cm³/mol. The van der Waals surface area contributed by atoms with E-state index in [4.69, 9.17) is 0 Å². The number of benzene rings is 1. The average Bonchev–Trinajstić information content (AvgIpc) is 1.99. The predicted octanol–water partition coefficient (Wildman–Crippen LogP) is 3.79. The zero-order valence-electron chi connectivity index (χ0n) is 6.00. The molecule has 0 fully saturated rings. The fourth-order valence-corrected chi connectivity index (χ4v) is 2.22. The molecule has 1 rings (SSSR count). The van der Waals surface area contributed by atoms with E-state index >= 15 is 0 Å². The van der Waals surface area contributed by atoms with E-state index in [9.17, 15) is 4.39 Å². The molecule has 0 radical (unpaired) electrons. The van der Waals surface area contributed by atoms with E-state index in [1.54, 1.807) is 6.07 Å². The summed E-state index contributed by atoms with van der Waals surface area (Å²) in [5, 5.41) is 0.543. The Kier molecular flexibility index (Phi) is 3.07. The lowest BCUT2D eigenvalue weighted by atomic mass is 10.1. The SMILES string of the molecule is Cc1ccc(F)c(CBr)c1Br. The van der Waals surface area contributed by atoms with Crippen molar-refractivity contribution in [2.24, 2.45) is 0 Å². The molecule has 0 saturated carbocycles. The van der Waals surface area contributed by atoms with Crippen molar-refractivity contribution in [1.29, 1.82) is 0 Å². The normalized spacial score (nSPS) is 10.2. The highest BCUT2D eigenvalue weighted by Gasteiger charge is 2.06. The summed E-state index contributed by atoms with van der Waals surface area (Å²) in [6.07, 6.45) is 0. The van der Waals surface area contributed by atoms with E-state index in [2.05, 4.69) is 31.9 Å². The van der Waals surface area contributed by atoms with Gasteiger partial charge in [-0.3, -0.25) is 0 Å². The molecule has 60 valence electrons. The van der Waals surface area contributed by atoms with Gasteiger partial charge in [-0.05, 0) is 18.6 Å². The summed E-state index contributed by atoms with van der Waals surface area (Å²) in [4.78, 5) is 0. The fraction of sp³-hybridized carbons (Fsp3) is 0.250. The van der Waals surface area contributed by atoms with E-state index in [0.717, 1.165) is 10.0 Å². The highest BCUT2D eigenvalue weighted by atomic mass is 79.9. The van der Waals surface area contributed by atoms with E-state index in [-0.39, 0.29) is 5.82 Å². The van der Waals surface area contributed by atoms with Crippen LogP contribution in [-0.2, 0) is 5.33 Å². The third-order valence-electron chi connectivity index (χ3n) is 1.51. The molecule has 0 nitrogen and oxygen atoms in total. The van der Waals surface area contributed by atoms with Crippen molar-refractivity contribution in [2.75, 3.05) is 0 Å². The molecule has 0 unspecified atom stereocenters. The first-order chi connectivity index (χ1) is 5.16. The second-order valence-electron chi connectivity index (χ2n) is 2.29. The quantitative estimate of drug-likeness (QED) is 0.687. The van der Waals surface area contributed by atoms with Crippen molar-refractivity contribution in [3.05, 3.63) is 33.5 Å². The van der Waals surface area contributed by atoms with Gasteiger partial charge in [0.2, 0.25) is 0 Å². The van der Waals surface area contributed by atoms with Gasteiger partial charge in [0.05, 0.1) is 0 Å². The lowest BCUT2D eigenvalue weighted by Gasteiger charge is -2.04. The second kappa shape index (κ2) is 3.68. The van der Waals surface area contributed by atoms with Crippen LogP contribution in [0.25, 0.3) is 0 Å². The Labute approximate surface area is 82.1 Å². The van der Waals surface area contributed by atoms with Crippen LogP contribution < -0.4 is 0 Å². The van der Waals surface area contributed by atoms with Crippen LogP contribution in [0.2, 0.25) is 0 Å². The topological polar surface area (TPSA) is 0 Å². The standard InChI is InChI=1S/C8H7Br2F/c1-5-2-3-7(11)6(4-9)8(5)10/h2-3H,4H2,1H3. The second-order valence-corrected chi connectivity index (χ2v) is 3.64. The van der Waals surface area contributed by atoms with Gasteiger partial charge in [0.25, 0.3) is 0 Å². The minimum Gasteiger partial charge on any atom is -0.207 e. The Hall–Kier alpha value is 0.110. The molecule has 0 heterocycles. The minimum absolute atomic E-state index is 0.167. The molecule has 0 aliphatic rings. The average molecular weight is 282 g/mol. The fourth-order valence-electron chi connectivity index (χ4n) is 0.837. The number of halogens is 3. The Balaban J connectivity index is 3.29. The lowest BCUT2D eigenvalue weighted by Crippen LogP contribution is -1.89. The molecule has 0 aliphatic carbocycles. The van der Waals surface area contributed by atoms with Crippen molar-refractivity contribution in [3.8, 4) is 0 Å². The Morgan fingerprint density at radius 1 is 1.45 bits per heavy atom. The third-order valence-corrected chi connectivity index (χ3v) is 3.18. The summed E-state index contributed by atoms with van der Waals surface area (Å²) in [5.74, 6) is -0.167. The summed E-state index contributed by atoms with van der Waals surface area (Å²) in [7, 11) is 0. The van der Waals surface area contributed by atoms with Gasteiger partial charge in [-0.25, -0.2) is 4.39 Å². The molecule has 0 amide bonds. The van der Waals surface area contributed by atoms with Crippen molar-refractivity contribution in [3.63, 3.8) is 0 Å². The molecule has 11 heavy (non-hydrogen) atoms. The number of rotatable bonds is 1. The first-order valence-corrected chi connectivity index (χ1v) is 5.07. The van der Waals surface area contributed by atoms with Gasteiger partial charge in [-0.2, -0.15) is 0 Å². The minimum atomic E-state index is -0.167. The van der Waals surface area contributed by atoms with Gasteiger partial charge in [0.15, 0.2) is 0 Å². The van der Waals surface area contributed by atoms with Crippen LogP contribution in [0.3, 0.4) is 0 Å².